The topological polar surface area (TPSA) is 37.6 Å². The second-order valence-electron chi connectivity index (χ2n) is 6.26. The van der Waals surface area contributed by atoms with Gasteiger partial charge in [0.05, 0.1) is 5.69 Å². The molecule has 0 N–H and O–H groups in total. The molecular formula is C20H23N3O. The van der Waals surface area contributed by atoms with Gasteiger partial charge in [0.15, 0.2) is 0 Å². The molecule has 0 amide bonds. The van der Waals surface area contributed by atoms with Crippen molar-refractivity contribution in [1.29, 1.82) is 0 Å². The third kappa shape index (κ3) is 3.54. The molecule has 1 aromatic carbocycles. The summed E-state index contributed by atoms with van der Waals surface area (Å²) in [6.07, 6.45) is 1.77. The first-order chi connectivity index (χ1) is 11.6. The predicted molar refractivity (Wildman–Crippen MR) is 97.2 cm³/mol. The molecule has 0 unspecified atom stereocenters. The van der Waals surface area contributed by atoms with E-state index in [2.05, 4.69) is 43.0 Å². The molecule has 2 aromatic heterocycles. The Labute approximate surface area is 142 Å². The third-order valence-corrected chi connectivity index (χ3v) is 4.26. The van der Waals surface area contributed by atoms with Gasteiger partial charge in [-0.1, -0.05) is 42.8 Å². The molecule has 0 atom stereocenters. The van der Waals surface area contributed by atoms with E-state index in [4.69, 9.17) is 4.98 Å². The zero-order valence-electron chi connectivity index (χ0n) is 14.5. The summed E-state index contributed by atoms with van der Waals surface area (Å²) in [4.78, 5) is 19.3. The highest BCUT2D eigenvalue weighted by Gasteiger charge is 2.09. The van der Waals surface area contributed by atoms with Crippen LogP contribution in [0.25, 0.3) is 5.65 Å². The Balaban J connectivity index is 1.87. The minimum Gasteiger partial charge on any atom is -0.294 e. The van der Waals surface area contributed by atoms with Crippen LogP contribution < -0.4 is 5.56 Å². The van der Waals surface area contributed by atoms with Gasteiger partial charge in [-0.15, -0.1) is 0 Å². The molecule has 0 saturated heterocycles. The van der Waals surface area contributed by atoms with Crippen LogP contribution in [0.2, 0.25) is 0 Å². The summed E-state index contributed by atoms with van der Waals surface area (Å²) >= 11 is 0. The van der Waals surface area contributed by atoms with Gasteiger partial charge in [0.2, 0.25) is 0 Å². The summed E-state index contributed by atoms with van der Waals surface area (Å²) in [5.74, 6) is 0. The molecular weight excluding hydrogens is 298 g/mol. The third-order valence-electron chi connectivity index (χ3n) is 4.26. The van der Waals surface area contributed by atoms with Crippen LogP contribution in [0, 0.1) is 13.8 Å². The molecule has 4 heteroatoms. The van der Waals surface area contributed by atoms with E-state index in [0.29, 0.717) is 6.54 Å². The molecule has 0 spiro atoms. The van der Waals surface area contributed by atoms with Crippen LogP contribution in [0.1, 0.15) is 29.3 Å². The number of hydrogen-bond donors (Lipinski definition) is 0. The number of aromatic nitrogens is 2. The number of aryl methyl sites for hydroxylation is 2. The highest BCUT2D eigenvalue weighted by atomic mass is 16.1. The number of pyridine rings is 1. The monoisotopic (exact) mass is 321 g/mol. The molecule has 2 heterocycles. The van der Waals surface area contributed by atoms with Crippen molar-refractivity contribution in [3.8, 4) is 0 Å². The van der Waals surface area contributed by atoms with Gasteiger partial charge < -0.3 is 0 Å². The van der Waals surface area contributed by atoms with E-state index in [9.17, 15) is 4.79 Å². The van der Waals surface area contributed by atoms with Crippen molar-refractivity contribution < 1.29 is 0 Å². The minimum absolute atomic E-state index is 0.0229. The fourth-order valence-electron chi connectivity index (χ4n) is 2.97. The molecule has 3 rings (SSSR count). The Morgan fingerprint density at radius 1 is 1.08 bits per heavy atom. The van der Waals surface area contributed by atoms with Gasteiger partial charge >= 0.3 is 0 Å². The van der Waals surface area contributed by atoms with Gasteiger partial charge in [-0.2, -0.15) is 0 Å². The SMILES string of the molecule is CCN(Cc1cccc(C)c1)Cc1cc(=O)n2cccc(C)c2n1. The smallest absolute Gasteiger partial charge is 0.258 e. The van der Waals surface area contributed by atoms with E-state index in [1.54, 1.807) is 16.7 Å². The molecule has 0 saturated carbocycles. The molecule has 4 nitrogen and oxygen atoms in total. The average molecular weight is 321 g/mol. The van der Waals surface area contributed by atoms with Crippen molar-refractivity contribution in [3.05, 3.63) is 81.4 Å². The molecule has 0 aliphatic rings. The van der Waals surface area contributed by atoms with Crippen LogP contribution in [0.15, 0.2) is 53.5 Å². The number of nitrogens with zero attached hydrogens (tertiary/aromatic N) is 3. The molecule has 0 radical (unpaired) electrons. The van der Waals surface area contributed by atoms with Crippen molar-refractivity contribution in [3.63, 3.8) is 0 Å². The lowest BCUT2D eigenvalue weighted by Crippen LogP contribution is -2.25. The standard InChI is InChI=1S/C20H23N3O/c1-4-22(13-17-9-5-7-15(2)11-17)14-18-12-19(24)23-10-6-8-16(3)20(23)21-18/h5-12H,4,13-14H2,1-3H3. The number of fused-ring (bicyclic) bond motifs is 1. The lowest BCUT2D eigenvalue weighted by atomic mass is 10.1. The van der Waals surface area contributed by atoms with E-state index in [1.165, 1.54) is 11.1 Å². The van der Waals surface area contributed by atoms with E-state index in [1.807, 2.05) is 19.1 Å². The summed E-state index contributed by atoms with van der Waals surface area (Å²) in [7, 11) is 0. The number of hydrogen-bond acceptors (Lipinski definition) is 3. The average Bonchev–Trinajstić information content (AvgIpc) is 2.55. The molecule has 3 aromatic rings. The first-order valence-electron chi connectivity index (χ1n) is 8.32. The first-order valence-corrected chi connectivity index (χ1v) is 8.32. The second-order valence-corrected chi connectivity index (χ2v) is 6.26. The van der Waals surface area contributed by atoms with Gasteiger partial charge in [0, 0.05) is 25.4 Å². The maximum absolute atomic E-state index is 12.3. The Hall–Kier alpha value is -2.46. The number of rotatable bonds is 5. The second kappa shape index (κ2) is 6.97. The van der Waals surface area contributed by atoms with Gasteiger partial charge in [-0.05, 0) is 37.6 Å². The largest absolute Gasteiger partial charge is 0.294 e. The minimum atomic E-state index is -0.0229. The molecule has 0 bridgehead atoms. The zero-order chi connectivity index (χ0) is 17.1. The fourth-order valence-corrected chi connectivity index (χ4v) is 2.97. The lowest BCUT2D eigenvalue weighted by molar-refractivity contribution is 0.268. The van der Waals surface area contributed by atoms with E-state index >= 15 is 0 Å². The highest BCUT2D eigenvalue weighted by molar-refractivity contribution is 5.46. The maximum Gasteiger partial charge on any atom is 0.258 e. The van der Waals surface area contributed by atoms with Crippen LogP contribution in [0.4, 0.5) is 0 Å². The Kier molecular flexibility index (Phi) is 4.76. The van der Waals surface area contributed by atoms with E-state index in [-0.39, 0.29) is 5.56 Å². The molecule has 124 valence electrons. The van der Waals surface area contributed by atoms with E-state index in [0.717, 1.165) is 30.0 Å². The quantitative estimate of drug-likeness (QED) is 0.723. The van der Waals surface area contributed by atoms with Crippen LogP contribution >= 0.6 is 0 Å². The highest BCUT2D eigenvalue weighted by Crippen LogP contribution is 2.11. The first kappa shape index (κ1) is 16.4. The predicted octanol–water partition coefficient (Wildman–Crippen LogP) is 3.33. The van der Waals surface area contributed by atoms with Crippen LogP contribution in [-0.2, 0) is 13.1 Å². The van der Waals surface area contributed by atoms with Gasteiger partial charge in [0.25, 0.3) is 5.56 Å². The normalized spacial score (nSPS) is 11.3. The van der Waals surface area contributed by atoms with Gasteiger partial charge in [-0.3, -0.25) is 14.1 Å². The lowest BCUT2D eigenvalue weighted by Gasteiger charge is -2.20. The Bertz CT molecular complexity index is 914. The van der Waals surface area contributed by atoms with Gasteiger partial charge in [-0.25, -0.2) is 4.98 Å². The summed E-state index contributed by atoms with van der Waals surface area (Å²) < 4.78 is 1.61. The van der Waals surface area contributed by atoms with Crippen molar-refractivity contribution >= 4 is 5.65 Å². The van der Waals surface area contributed by atoms with Crippen LogP contribution in [0.3, 0.4) is 0 Å². The summed E-state index contributed by atoms with van der Waals surface area (Å²) in [5.41, 5.74) is 5.10. The summed E-state index contributed by atoms with van der Waals surface area (Å²) in [5, 5.41) is 0. The fraction of sp³-hybridized carbons (Fsp3) is 0.300. The maximum atomic E-state index is 12.3. The van der Waals surface area contributed by atoms with E-state index < -0.39 is 0 Å². The van der Waals surface area contributed by atoms with Crippen LogP contribution in [-0.4, -0.2) is 20.8 Å². The van der Waals surface area contributed by atoms with Crippen molar-refractivity contribution in [1.82, 2.24) is 14.3 Å². The Morgan fingerprint density at radius 3 is 2.67 bits per heavy atom. The van der Waals surface area contributed by atoms with Gasteiger partial charge in [0.1, 0.15) is 5.65 Å². The summed E-state index contributed by atoms with van der Waals surface area (Å²) in [6.45, 7) is 8.65. The number of benzene rings is 1. The molecule has 0 aliphatic heterocycles. The summed E-state index contributed by atoms with van der Waals surface area (Å²) in [6, 6.07) is 14.0. The molecule has 0 fully saturated rings. The van der Waals surface area contributed by atoms with Crippen LogP contribution in [0.5, 0.6) is 0 Å². The van der Waals surface area contributed by atoms with Crippen molar-refractivity contribution in [2.24, 2.45) is 0 Å². The van der Waals surface area contributed by atoms with Crippen molar-refractivity contribution in [2.75, 3.05) is 6.54 Å². The molecule has 0 aliphatic carbocycles. The zero-order valence-corrected chi connectivity index (χ0v) is 14.5. The molecule has 24 heavy (non-hydrogen) atoms. The Morgan fingerprint density at radius 2 is 1.92 bits per heavy atom. The van der Waals surface area contributed by atoms with Crippen molar-refractivity contribution in [2.45, 2.75) is 33.9 Å².